The summed E-state index contributed by atoms with van der Waals surface area (Å²) >= 11 is 3.56. The van der Waals surface area contributed by atoms with Crippen molar-refractivity contribution in [3.05, 3.63) is 72.8 Å². The molecule has 158 valence electrons. The topological polar surface area (TPSA) is 40.5 Å². The number of hydrogen-bond acceptors (Lipinski definition) is 4. The lowest BCUT2D eigenvalue weighted by Crippen LogP contribution is -2.73. The van der Waals surface area contributed by atoms with E-state index in [2.05, 4.69) is 72.8 Å². The molecule has 0 spiro atoms. The Morgan fingerprint density at radius 2 is 0.968 bits per heavy atom. The minimum absolute atomic E-state index is 1.14. The zero-order chi connectivity index (χ0) is 22.0. The summed E-state index contributed by atoms with van der Waals surface area (Å²) in [6.45, 7) is 8.03. The Morgan fingerprint density at radius 3 is 1.29 bits per heavy atom. The van der Waals surface area contributed by atoms with Gasteiger partial charge in [0.05, 0.1) is 0 Å². The van der Waals surface area contributed by atoms with Crippen LogP contribution in [0.1, 0.15) is 0 Å². The van der Waals surface area contributed by atoms with Crippen LogP contribution in [-0.2, 0) is 0 Å². The number of benzene rings is 2. The van der Waals surface area contributed by atoms with Gasteiger partial charge in [-0.1, -0.05) is 60.7 Å². The Bertz CT molecular complexity index is 1150. The van der Waals surface area contributed by atoms with Gasteiger partial charge in [-0.25, -0.2) is 0 Å². The lowest BCUT2D eigenvalue weighted by atomic mass is 10.4. The summed E-state index contributed by atoms with van der Waals surface area (Å²) in [5, 5.41) is 5.55. The summed E-state index contributed by atoms with van der Waals surface area (Å²) in [5.41, 5.74) is 0. The fourth-order valence-electron chi connectivity index (χ4n) is 4.59. The minimum atomic E-state index is -2.50. The minimum Gasteiger partial charge on any atom is -0.427 e. The first-order chi connectivity index (χ1) is 14.6. The highest BCUT2D eigenvalue weighted by molar-refractivity contribution is 7.40. The van der Waals surface area contributed by atoms with E-state index in [1.54, 1.807) is 22.7 Å². The van der Waals surface area contributed by atoms with Crippen LogP contribution < -0.4 is 29.7 Å². The smallest absolute Gasteiger partial charge is 0.224 e. The summed E-state index contributed by atoms with van der Waals surface area (Å²) in [7, 11) is -7.37. The largest absolute Gasteiger partial charge is 0.427 e. The van der Waals surface area contributed by atoms with Gasteiger partial charge < -0.3 is 9.59 Å². The SMILES string of the molecule is C[Si](C)(O)c1cc2c(s1)-c1sc([Si](C)(C)O)cc1[Si]2(c1ccccc1)c1ccccc1. The van der Waals surface area contributed by atoms with Crippen LogP contribution >= 0.6 is 22.7 Å². The molecule has 0 saturated heterocycles. The zero-order valence-corrected chi connectivity index (χ0v) is 22.8. The van der Waals surface area contributed by atoms with E-state index >= 15 is 0 Å². The maximum absolute atomic E-state index is 11.0. The number of hydrogen-bond donors (Lipinski definition) is 2. The summed E-state index contributed by atoms with van der Waals surface area (Å²) < 4.78 is 2.28. The van der Waals surface area contributed by atoms with Crippen LogP contribution in [0.25, 0.3) is 9.75 Å². The summed E-state index contributed by atoms with van der Waals surface area (Å²) in [6, 6.07) is 26.5. The van der Waals surface area contributed by atoms with Crippen LogP contribution in [0.3, 0.4) is 0 Å². The average Bonchev–Trinajstić information content (AvgIpc) is 3.39. The van der Waals surface area contributed by atoms with Crippen molar-refractivity contribution in [2.75, 3.05) is 0 Å². The van der Waals surface area contributed by atoms with Crippen molar-refractivity contribution in [3.8, 4) is 9.75 Å². The van der Waals surface area contributed by atoms with E-state index < -0.39 is 24.7 Å². The highest BCUT2D eigenvalue weighted by Crippen LogP contribution is 2.35. The van der Waals surface area contributed by atoms with E-state index in [4.69, 9.17) is 0 Å². The summed E-state index contributed by atoms with van der Waals surface area (Å²) in [6.07, 6.45) is 0. The van der Waals surface area contributed by atoms with Crippen LogP contribution in [-0.4, -0.2) is 34.3 Å². The molecule has 1 aliphatic heterocycles. The Balaban J connectivity index is 1.93. The van der Waals surface area contributed by atoms with E-state index in [-0.39, 0.29) is 0 Å². The molecule has 5 rings (SSSR count). The van der Waals surface area contributed by atoms with Crippen molar-refractivity contribution in [1.29, 1.82) is 0 Å². The van der Waals surface area contributed by atoms with Crippen LogP contribution in [0.2, 0.25) is 26.2 Å². The average molecular weight is 495 g/mol. The quantitative estimate of drug-likeness (QED) is 0.375. The maximum Gasteiger partial charge on any atom is 0.224 e. The first-order valence-corrected chi connectivity index (χ1v) is 20.0. The Kier molecular flexibility index (Phi) is 4.95. The third-order valence-electron chi connectivity index (χ3n) is 6.10. The van der Waals surface area contributed by atoms with Gasteiger partial charge in [0, 0.05) is 18.8 Å². The van der Waals surface area contributed by atoms with E-state index in [0.29, 0.717) is 0 Å². The molecule has 2 aromatic heterocycles. The fraction of sp³-hybridized carbons (Fsp3) is 0.167. The van der Waals surface area contributed by atoms with E-state index in [1.165, 1.54) is 30.5 Å². The van der Waals surface area contributed by atoms with Gasteiger partial charge in [-0.05, 0) is 59.1 Å². The Morgan fingerprint density at radius 1 is 0.613 bits per heavy atom. The second-order valence-electron chi connectivity index (χ2n) is 9.31. The lowest BCUT2D eigenvalue weighted by molar-refractivity contribution is 0.568. The third kappa shape index (κ3) is 3.22. The number of thiophene rings is 2. The lowest BCUT2D eigenvalue weighted by Gasteiger charge is -2.30. The molecule has 1 aliphatic rings. The van der Waals surface area contributed by atoms with Gasteiger partial charge in [0.1, 0.15) is 0 Å². The molecular weight excluding hydrogens is 469 g/mol. The number of fused-ring (bicyclic) bond motifs is 3. The van der Waals surface area contributed by atoms with Gasteiger partial charge in [0.25, 0.3) is 0 Å². The Labute approximate surface area is 194 Å². The molecule has 31 heavy (non-hydrogen) atoms. The summed E-state index contributed by atoms with van der Waals surface area (Å²) in [4.78, 5) is 24.6. The standard InChI is InChI=1S/C24H26O2S2Si3/c1-29(2,25)21-15-19-23(27-21)24-20(16-22(28-24)30(3,4)26)31(19,17-11-7-5-8-12-17)18-13-9-6-10-14-18/h5-16,25-26H,1-4H3. The third-order valence-corrected chi connectivity index (χ3v) is 19.6. The second-order valence-corrected chi connectivity index (χ2v) is 23.2. The molecule has 4 aromatic rings. The normalized spacial score (nSPS) is 15.0. The fourth-order valence-corrected chi connectivity index (χ4v) is 16.8. The molecule has 0 bridgehead atoms. The zero-order valence-electron chi connectivity index (χ0n) is 18.1. The van der Waals surface area contributed by atoms with Crippen molar-refractivity contribution >= 4 is 77.1 Å². The van der Waals surface area contributed by atoms with E-state index in [0.717, 1.165) is 9.00 Å². The highest BCUT2D eigenvalue weighted by atomic mass is 32.1. The number of rotatable bonds is 4. The van der Waals surface area contributed by atoms with Crippen LogP contribution in [0.5, 0.6) is 0 Å². The van der Waals surface area contributed by atoms with Crippen LogP contribution in [0.4, 0.5) is 0 Å². The van der Waals surface area contributed by atoms with Gasteiger partial charge in [-0.15, -0.1) is 22.7 Å². The van der Waals surface area contributed by atoms with Crippen LogP contribution in [0, 0.1) is 0 Å². The maximum atomic E-state index is 11.0. The first-order valence-electron chi connectivity index (χ1n) is 10.5. The van der Waals surface area contributed by atoms with Crippen molar-refractivity contribution < 1.29 is 9.59 Å². The van der Waals surface area contributed by atoms with Gasteiger partial charge in [0.2, 0.25) is 16.6 Å². The monoisotopic (exact) mass is 494 g/mol. The van der Waals surface area contributed by atoms with Gasteiger partial charge >= 0.3 is 0 Å². The molecule has 0 amide bonds. The second kappa shape index (κ2) is 7.21. The van der Waals surface area contributed by atoms with E-state index in [1.807, 2.05) is 26.2 Å². The van der Waals surface area contributed by atoms with Gasteiger partial charge in [0.15, 0.2) is 8.07 Å². The highest BCUT2D eigenvalue weighted by Gasteiger charge is 2.52. The molecule has 7 heteroatoms. The molecule has 0 fully saturated rings. The van der Waals surface area contributed by atoms with Crippen molar-refractivity contribution in [2.24, 2.45) is 0 Å². The van der Waals surface area contributed by atoms with Crippen LogP contribution in [0.15, 0.2) is 72.8 Å². The molecule has 0 saturated carbocycles. The molecule has 2 N–H and O–H groups in total. The molecule has 3 heterocycles. The Hall–Kier alpha value is -1.59. The molecule has 0 aliphatic carbocycles. The van der Waals surface area contributed by atoms with Crippen molar-refractivity contribution in [2.45, 2.75) is 26.2 Å². The van der Waals surface area contributed by atoms with Crippen molar-refractivity contribution in [3.63, 3.8) is 0 Å². The van der Waals surface area contributed by atoms with Crippen molar-refractivity contribution in [1.82, 2.24) is 0 Å². The molecule has 0 atom stereocenters. The molecule has 0 unspecified atom stereocenters. The molecular formula is C24H26O2S2Si3. The van der Waals surface area contributed by atoms with E-state index in [9.17, 15) is 9.59 Å². The molecule has 0 radical (unpaired) electrons. The predicted molar refractivity (Wildman–Crippen MR) is 143 cm³/mol. The molecule has 2 aromatic carbocycles. The summed E-state index contributed by atoms with van der Waals surface area (Å²) in [5.74, 6) is 0. The van der Waals surface area contributed by atoms with Gasteiger partial charge in [-0.3, -0.25) is 0 Å². The predicted octanol–water partition coefficient (Wildman–Crippen LogP) is 1.98. The first kappa shape index (κ1) is 21.3. The van der Waals surface area contributed by atoms with Gasteiger partial charge in [-0.2, -0.15) is 0 Å². The molecule has 2 nitrogen and oxygen atoms in total.